The fraction of sp³-hybridized carbons (Fsp3) is 0.462. The first kappa shape index (κ1) is 26.1. The van der Waals surface area contributed by atoms with Gasteiger partial charge < -0.3 is 4.74 Å². The van der Waals surface area contributed by atoms with E-state index in [4.69, 9.17) is 4.74 Å². The number of ketones is 1. The zero-order valence-corrected chi connectivity index (χ0v) is 21.6. The van der Waals surface area contributed by atoms with E-state index in [2.05, 4.69) is 0 Å². The van der Waals surface area contributed by atoms with Crippen molar-refractivity contribution in [1.82, 2.24) is 9.13 Å². The van der Waals surface area contributed by atoms with Crippen LogP contribution in [0.15, 0.2) is 41.2 Å². The summed E-state index contributed by atoms with van der Waals surface area (Å²) in [5, 5.41) is 0. The highest BCUT2D eigenvalue weighted by atomic mass is 32.2. The Kier molecular flexibility index (Phi) is 6.85. The Morgan fingerprint density at radius 2 is 1.75 bits per heavy atom. The second-order valence-electron chi connectivity index (χ2n) is 10.1. The molecule has 0 bridgehead atoms. The second-order valence-corrected chi connectivity index (χ2v) is 12.4. The number of aromatic nitrogens is 2. The summed E-state index contributed by atoms with van der Waals surface area (Å²) in [5.74, 6) is -0.609. The van der Waals surface area contributed by atoms with Gasteiger partial charge in [0.05, 0.1) is 28.2 Å². The molecule has 0 aliphatic carbocycles. The molecule has 2 aromatic carbocycles. The number of sulfone groups is 1. The average molecular weight is 521 g/mol. The van der Waals surface area contributed by atoms with Gasteiger partial charge in [0.25, 0.3) is 0 Å². The molecular weight excluding hydrogens is 490 g/mol. The largest absolute Gasteiger partial charge is 0.461 e. The summed E-state index contributed by atoms with van der Waals surface area (Å²) in [6.07, 6.45) is -0.579. The number of nitrogens with zero attached hydrogens (tertiary/aromatic N) is 2. The number of Topliss-reactive ketones (excluding diaryl/α,β-unsaturated/α-hetero) is 1. The SMILES string of the molecule is CC(F)Oc1ccc(F)c(-n2c(=O)n(C(C)C)c3cc(C(=O)CC4(C)CCS(=O)(=O)CC4)ccc32)c1. The fourth-order valence-electron chi connectivity index (χ4n) is 4.75. The molecule has 2 heterocycles. The second kappa shape index (κ2) is 9.46. The lowest BCUT2D eigenvalue weighted by Gasteiger charge is -2.32. The third-order valence-corrected chi connectivity index (χ3v) is 8.44. The molecule has 0 N–H and O–H groups in total. The highest BCUT2D eigenvalue weighted by Gasteiger charge is 2.35. The molecule has 10 heteroatoms. The number of carbonyl (C=O) groups is 1. The van der Waals surface area contributed by atoms with Crippen LogP contribution in [0.5, 0.6) is 5.75 Å². The standard InChI is InChI=1S/C26H30F2N2O5S/c1-16(2)29-23-13-18(24(31)15-26(4)9-11-36(33,34)12-10-26)5-8-21(23)30(25(29)32)22-14-19(35-17(3)27)6-7-20(22)28/h5-8,13-14,16-17H,9-12,15H2,1-4H3. The normalized spacial score (nSPS) is 17.9. The van der Waals surface area contributed by atoms with Crippen LogP contribution in [0.2, 0.25) is 0 Å². The summed E-state index contributed by atoms with van der Waals surface area (Å²) in [4.78, 5) is 26.6. The third-order valence-electron chi connectivity index (χ3n) is 6.79. The highest BCUT2D eigenvalue weighted by Crippen LogP contribution is 2.37. The van der Waals surface area contributed by atoms with Crippen molar-refractivity contribution in [3.05, 3.63) is 58.3 Å². The molecule has 1 aliphatic heterocycles. The maximum absolute atomic E-state index is 14.9. The molecule has 0 spiro atoms. The molecule has 1 unspecified atom stereocenters. The molecule has 1 atom stereocenters. The van der Waals surface area contributed by atoms with E-state index in [1.165, 1.54) is 28.2 Å². The van der Waals surface area contributed by atoms with E-state index in [0.29, 0.717) is 29.4 Å². The monoisotopic (exact) mass is 520 g/mol. The zero-order chi connectivity index (χ0) is 26.4. The topological polar surface area (TPSA) is 87.4 Å². The van der Waals surface area contributed by atoms with Crippen LogP contribution in [0.1, 0.15) is 63.4 Å². The lowest BCUT2D eigenvalue weighted by atomic mass is 9.78. The Balaban J connectivity index is 1.77. The third kappa shape index (κ3) is 5.09. The number of hydrogen-bond acceptors (Lipinski definition) is 5. The molecule has 0 radical (unpaired) electrons. The first-order valence-electron chi connectivity index (χ1n) is 11.9. The lowest BCUT2D eigenvalue weighted by Crippen LogP contribution is -2.33. The minimum absolute atomic E-state index is 0.0705. The minimum atomic E-state index is -3.05. The van der Waals surface area contributed by atoms with E-state index >= 15 is 0 Å². The highest BCUT2D eigenvalue weighted by molar-refractivity contribution is 7.91. The van der Waals surface area contributed by atoms with Crippen molar-refractivity contribution < 1.29 is 26.7 Å². The quantitative estimate of drug-likeness (QED) is 0.410. The van der Waals surface area contributed by atoms with Gasteiger partial charge in [0.2, 0.25) is 6.36 Å². The molecule has 0 saturated carbocycles. The van der Waals surface area contributed by atoms with Gasteiger partial charge in [-0.2, -0.15) is 0 Å². The van der Waals surface area contributed by atoms with Crippen molar-refractivity contribution >= 4 is 26.7 Å². The number of ether oxygens (including phenoxy) is 1. The van der Waals surface area contributed by atoms with Crippen molar-refractivity contribution in [1.29, 1.82) is 0 Å². The van der Waals surface area contributed by atoms with Gasteiger partial charge in [-0.3, -0.25) is 13.9 Å². The molecule has 7 nitrogen and oxygen atoms in total. The minimum Gasteiger partial charge on any atom is -0.461 e. The van der Waals surface area contributed by atoms with E-state index in [-0.39, 0.29) is 41.2 Å². The zero-order valence-electron chi connectivity index (χ0n) is 20.8. The van der Waals surface area contributed by atoms with Crippen molar-refractivity contribution in [2.75, 3.05) is 11.5 Å². The van der Waals surface area contributed by atoms with Gasteiger partial charge in [-0.05, 0) is 62.4 Å². The predicted molar refractivity (Wildman–Crippen MR) is 134 cm³/mol. The number of rotatable bonds is 7. The van der Waals surface area contributed by atoms with Gasteiger partial charge in [0, 0.05) is 31.0 Å². The Morgan fingerprint density at radius 1 is 1.08 bits per heavy atom. The number of carbonyl (C=O) groups excluding carboxylic acids is 1. The Labute approximate surface area is 208 Å². The van der Waals surface area contributed by atoms with E-state index in [1.807, 2.05) is 20.8 Å². The number of alkyl halides is 1. The molecule has 1 aromatic heterocycles. The molecule has 0 amide bonds. The molecule has 1 fully saturated rings. The average Bonchev–Trinajstić information content (AvgIpc) is 3.08. The van der Waals surface area contributed by atoms with E-state index in [0.717, 1.165) is 6.07 Å². The fourth-order valence-corrected chi connectivity index (χ4v) is 6.56. The molecule has 36 heavy (non-hydrogen) atoms. The number of hydrogen-bond donors (Lipinski definition) is 0. The van der Waals surface area contributed by atoms with Gasteiger partial charge in [0.15, 0.2) is 5.78 Å². The first-order valence-corrected chi connectivity index (χ1v) is 13.7. The van der Waals surface area contributed by atoms with Crippen molar-refractivity contribution in [3.63, 3.8) is 0 Å². The molecule has 1 saturated heterocycles. The maximum Gasteiger partial charge on any atom is 0.334 e. The number of halogens is 2. The summed E-state index contributed by atoms with van der Waals surface area (Å²) in [5.41, 5.74) is 0.243. The Morgan fingerprint density at radius 3 is 2.36 bits per heavy atom. The smallest absolute Gasteiger partial charge is 0.334 e. The van der Waals surface area contributed by atoms with Gasteiger partial charge >= 0.3 is 5.69 Å². The van der Waals surface area contributed by atoms with Gasteiger partial charge in [-0.15, -0.1) is 0 Å². The molecule has 4 rings (SSSR count). The first-order chi connectivity index (χ1) is 16.8. The van der Waals surface area contributed by atoms with Crippen LogP contribution in [0.4, 0.5) is 8.78 Å². The van der Waals surface area contributed by atoms with Crippen molar-refractivity contribution in [2.24, 2.45) is 5.41 Å². The van der Waals surface area contributed by atoms with E-state index < -0.39 is 33.1 Å². The lowest BCUT2D eigenvalue weighted by molar-refractivity contribution is 0.0859. The summed E-state index contributed by atoms with van der Waals surface area (Å²) < 4.78 is 59.6. The molecule has 1 aliphatic rings. The van der Waals surface area contributed by atoms with Crippen LogP contribution in [0.25, 0.3) is 16.7 Å². The predicted octanol–water partition coefficient (Wildman–Crippen LogP) is 4.99. The summed E-state index contributed by atoms with van der Waals surface area (Å²) >= 11 is 0. The van der Waals surface area contributed by atoms with Gasteiger partial charge in [-0.1, -0.05) is 6.92 Å². The van der Waals surface area contributed by atoms with Crippen LogP contribution < -0.4 is 10.4 Å². The molecule has 3 aromatic rings. The maximum atomic E-state index is 14.9. The Bertz CT molecular complexity index is 1470. The summed E-state index contributed by atoms with van der Waals surface area (Å²) in [7, 11) is -3.05. The van der Waals surface area contributed by atoms with Gasteiger partial charge in [-0.25, -0.2) is 22.0 Å². The molecular formula is C26H30F2N2O5S. The van der Waals surface area contributed by atoms with E-state index in [1.54, 1.807) is 18.2 Å². The Hall–Kier alpha value is -3.01. The summed E-state index contributed by atoms with van der Waals surface area (Å²) in [6.45, 7) is 6.74. The van der Waals surface area contributed by atoms with Crippen LogP contribution in [-0.2, 0) is 9.84 Å². The van der Waals surface area contributed by atoms with Gasteiger partial charge in [0.1, 0.15) is 21.4 Å². The number of fused-ring (bicyclic) bond motifs is 1. The number of imidazole rings is 1. The number of benzene rings is 2. The van der Waals surface area contributed by atoms with Crippen LogP contribution in [0, 0.1) is 11.2 Å². The van der Waals surface area contributed by atoms with E-state index in [9.17, 15) is 26.8 Å². The van der Waals surface area contributed by atoms with Crippen molar-refractivity contribution in [3.8, 4) is 11.4 Å². The van der Waals surface area contributed by atoms with Crippen LogP contribution in [-0.4, -0.2) is 41.2 Å². The molecule has 194 valence electrons. The van der Waals surface area contributed by atoms with Crippen LogP contribution in [0.3, 0.4) is 0 Å². The van der Waals surface area contributed by atoms with Crippen LogP contribution >= 0.6 is 0 Å². The van der Waals surface area contributed by atoms with Crippen molar-refractivity contribution in [2.45, 2.75) is 59.4 Å². The summed E-state index contributed by atoms with van der Waals surface area (Å²) in [6, 6.07) is 8.20.